The van der Waals surface area contributed by atoms with Crippen molar-refractivity contribution in [2.75, 3.05) is 26.2 Å². The first-order valence-electron chi connectivity index (χ1n) is 7.36. The molecule has 1 unspecified atom stereocenters. The van der Waals surface area contributed by atoms with Crippen molar-refractivity contribution in [2.24, 2.45) is 5.92 Å². The first-order chi connectivity index (χ1) is 9.63. The van der Waals surface area contributed by atoms with Gasteiger partial charge in [-0.1, -0.05) is 30.7 Å². The van der Waals surface area contributed by atoms with Gasteiger partial charge in [-0.3, -0.25) is 0 Å². The van der Waals surface area contributed by atoms with Gasteiger partial charge in [-0.15, -0.1) is 0 Å². The van der Waals surface area contributed by atoms with E-state index in [1.165, 1.54) is 12.8 Å². The van der Waals surface area contributed by atoms with Crippen LogP contribution in [0, 0.1) is 5.92 Å². The maximum absolute atomic E-state index is 10.0. The number of piperidine rings is 1. The van der Waals surface area contributed by atoms with E-state index >= 15 is 0 Å². The van der Waals surface area contributed by atoms with Gasteiger partial charge in [0.15, 0.2) is 0 Å². The highest BCUT2D eigenvalue weighted by Gasteiger charge is 2.18. The minimum atomic E-state index is -0.407. The van der Waals surface area contributed by atoms with Crippen molar-refractivity contribution in [3.05, 3.63) is 34.9 Å². The first-order valence-corrected chi connectivity index (χ1v) is 7.74. The molecule has 1 aliphatic heterocycles. The van der Waals surface area contributed by atoms with Crippen molar-refractivity contribution in [3.63, 3.8) is 0 Å². The molecule has 1 N–H and O–H groups in total. The van der Waals surface area contributed by atoms with Crippen LogP contribution in [-0.2, 0) is 11.3 Å². The molecule has 21 heavy (non-hydrogen) atoms. The van der Waals surface area contributed by atoms with Crippen molar-refractivity contribution in [3.8, 4) is 0 Å². The second-order valence-electron chi connectivity index (χ2n) is 5.78. The maximum atomic E-state index is 10.0. The lowest BCUT2D eigenvalue weighted by atomic mass is 9.99. The lowest BCUT2D eigenvalue weighted by molar-refractivity contribution is -0.0000120. The lowest BCUT2D eigenvalue weighted by Gasteiger charge is -2.31. The summed E-state index contributed by atoms with van der Waals surface area (Å²) in [7, 11) is 0. The smallest absolute Gasteiger partial charge is 0.0900 e. The van der Waals surface area contributed by atoms with Gasteiger partial charge >= 0.3 is 0 Å². The summed E-state index contributed by atoms with van der Waals surface area (Å²) < 4.78 is 5.56. The summed E-state index contributed by atoms with van der Waals surface area (Å²) in [6.45, 7) is 6.10. The van der Waals surface area contributed by atoms with E-state index in [0.717, 1.165) is 29.6 Å². The third kappa shape index (κ3) is 6.98. The minimum absolute atomic E-state index is 0. The largest absolute Gasteiger partial charge is 1.00 e. The molecule has 1 atom stereocenters. The van der Waals surface area contributed by atoms with Crippen molar-refractivity contribution in [2.45, 2.75) is 32.5 Å². The molecule has 5 heteroatoms. The number of likely N-dealkylation sites (tertiary alicyclic amines) is 1. The number of β-amino-alcohol motifs (C(OH)–C–C–N with tert-alkyl or cyclic N) is 1. The molecule has 1 saturated heterocycles. The predicted molar refractivity (Wildman–Crippen MR) is 82.0 cm³/mol. The van der Waals surface area contributed by atoms with E-state index < -0.39 is 6.10 Å². The van der Waals surface area contributed by atoms with Gasteiger partial charge in [-0.05, 0) is 49.5 Å². The topological polar surface area (TPSA) is 32.7 Å². The minimum Gasteiger partial charge on any atom is -1.00 e. The number of halogens is 2. The molecule has 0 aromatic heterocycles. The summed E-state index contributed by atoms with van der Waals surface area (Å²) in [5.41, 5.74) is 1.08. The van der Waals surface area contributed by atoms with E-state index in [9.17, 15) is 5.11 Å². The molecule has 1 aliphatic rings. The second kappa shape index (κ2) is 9.65. The fourth-order valence-corrected chi connectivity index (χ4v) is 2.61. The second-order valence-corrected chi connectivity index (χ2v) is 6.21. The van der Waals surface area contributed by atoms with Crippen molar-refractivity contribution in [1.82, 2.24) is 4.90 Å². The van der Waals surface area contributed by atoms with Gasteiger partial charge in [0.2, 0.25) is 0 Å². The predicted octanol–water partition coefficient (Wildman–Crippen LogP) is -0.0466. The summed E-state index contributed by atoms with van der Waals surface area (Å²) in [6, 6.07) is 7.60. The Labute approximate surface area is 138 Å². The highest BCUT2D eigenvalue weighted by molar-refractivity contribution is 6.30. The van der Waals surface area contributed by atoms with Gasteiger partial charge in [0.05, 0.1) is 19.3 Å². The van der Waals surface area contributed by atoms with Crippen LogP contribution >= 0.6 is 11.6 Å². The maximum Gasteiger partial charge on any atom is 0.0900 e. The van der Waals surface area contributed by atoms with Gasteiger partial charge in [0, 0.05) is 11.6 Å². The molecular weight excluding hydrogens is 309 g/mol. The Bertz CT molecular complexity index is 392. The van der Waals surface area contributed by atoms with Crippen LogP contribution in [0.1, 0.15) is 25.3 Å². The number of aliphatic hydroxyl groups excluding tert-OH is 1. The Morgan fingerprint density at radius 3 is 2.52 bits per heavy atom. The molecule has 0 amide bonds. The summed E-state index contributed by atoms with van der Waals surface area (Å²) in [4.78, 5) is 2.33. The molecular formula is C16H24Cl2NO2-. The molecule has 3 nitrogen and oxygen atoms in total. The number of rotatable bonds is 6. The van der Waals surface area contributed by atoms with E-state index in [1.807, 2.05) is 24.3 Å². The van der Waals surface area contributed by atoms with Gasteiger partial charge in [0.1, 0.15) is 0 Å². The van der Waals surface area contributed by atoms with Crippen LogP contribution in [0.4, 0.5) is 0 Å². The molecule has 2 rings (SSSR count). The fourth-order valence-electron chi connectivity index (χ4n) is 2.49. The van der Waals surface area contributed by atoms with Crippen LogP contribution in [0.2, 0.25) is 5.02 Å². The van der Waals surface area contributed by atoms with Crippen LogP contribution in [0.15, 0.2) is 24.3 Å². The molecule has 1 aromatic rings. The number of hydrogen-bond donors (Lipinski definition) is 1. The van der Waals surface area contributed by atoms with E-state index in [2.05, 4.69) is 11.8 Å². The molecule has 1 fully saturated rings. The Balaban J connectivity index is 0.00000220. The monoisotopic (exact) mass is 332 g/mol. The van der Waals surface area contributed by atoms with Crippen molar-refractivity contribution in [1.29, 1.82) is 0 Å². The third-order valence-electron chi connectivity index (χ3n) is 3.84. The molecule has 1 heterocycles. The highest BCUT2D eigenvalue weighted by atomic mass is 35.5. The van der Waals surface area contributed by atoms with Crippen LogP contribution < -0.4 is 12.4 Å². The van der Waals surface area contributed by atoms with E-state index in [1.54, 1.807) is 0 Å². The molecule has 120 valence electrons. The van der Waals surface area contributed by atoms with Gasteiger partial charge in [-0.25, -0.2) is 0 Å². The van der Waals surface area contributed by atoms with Crippen LogP contribution in [-0.4, -0.2) is 42.4 Å². The van der Waals surface area contributed by atoms with E-state index in [-0.39, 0.29) is 12.4 Å². The molecule has 0 aliphatic carbocycles. The normalized spacial score (nSPS) is 18.2. The Kier molecular flexibility index (Phi) is 8.60. The molecule has 1 aromatic carbocycles. The van der Waals surface area contributed by atoms with E-state index in [4.69, 9.17) is 16.3 Å². The van der Waals surface area contributed by atoms with Crippen LogP contribution in [0.3, 0.4) is 0 Å². The number of nitrogens with zero attached hydrogens (tertiary/aromatic N) is 1. The quantitative estimate of drug-likeness (QED) is 0.793. The Morgan fingerprint density at radius 2 is 1.90 bits per heavy atom. The average molecular weight is 333 g/mol. The number of aliphatic hydroxyl groups is 1. The van der Waals surface area contributed by atoms with Crippen LogP contribution in [0.25, 0.3) is 0 Å². The van der Waals surface area contributed by atoms with Gasteiger partial charge in [-0.2, -0.15) is 0 Å². The summed E-state index contributed by atoms with van der Waals surface area (Å²) >= 11 is 5.83. The molecule has 0 saturated carbocycles. The zero-order valence-electron chi connectivity index (χ0n) is 12.5. The summed E-state index contributed by atoms with van der Waals surface area (Å²) in [5.74, 6) is 0.824. The Morgan fingerprint density at radius 1 is 1.29 bits per heavy atom. The van der Waals surface area contributed by atoms with E-state index in [0.29, 0.717) is 19.8 Å². The number of hydrogen-bond acceptors (Lipinski definition) is 3. The molecule has 0 radical (unpaired) electrons. The van der Waals surface area contributed by atoms with Gasteiger partial charge < -0.3 is 27.2 Å². The lowest BCUT2D eigenvalue weighted by Crippen LogP contribution is -3.00. The summed E-state index contributed by atoms with van der Waals surface area (Å²) in [6.07, 6.45) is 2.06. The number of ether oxygens (including phenoxy) is 1. The summed E-state index contributed by atoms with van der Waals surface area (Å²) in [5, 5.41) is 10.7. The standard InChI is InChI=1S/C16H24ClNO2.ClH/c1-13-6-8-18(9-7-13)10-16(19)12-20-11-14-2-4-15(17)5-3-14;/h2-5,13,16,19H,6-12H2,1H3;1H/p-1. The average Bonchev–Trinajstić information content (AvgIpc) is 2.44. The van der Waals surface area contributed by atoms with Crippen molar-refractivity contribution >= 4 is 11.6 Å². The SMILES string of the molecule is CC1CCN(CC(O)COCc2ccc(Cl)cc2)CC1.[Cl-]. The fraction of sp³-hybridized carbons (Fsp3) is 0.625. The zero-order chi connectivity index (χ0) is 14.4. The molecule has 0 bridgehead atoms. The first kappa shape index (κ1) is 18.7. The third-order valence-corrected chi connectivity index (χ3v) is 4.09. The number of benzene rings is 1. The zero-order valence-corrected chi connectivity index (χ0v) is 14.0. The molecule has 0 spiro atoms. The van der Waals surface area contributed by atoms with Crippen molar-refractivity contribution < 1.29 is 22.3 Å². The highest BCUT2D eigenvalue weighted by Crippen LogP contribution is 2.16. The Hall–Kier alpha value is -0.320. The van der Waals surface area contributed by atoms with Gasteiger partial charge in [0.25, 0.3) is 0 Å². The van der Waals surface area contributed by atoms with Crippen LogP contribution in [0.5, 0.6) is 0 Å².